The van der Waals surface area contributed by atoms with E-state index in [1.807, 2.05) is 20.8 Å². The molecule has 0 heterocycles. The molecule has 0 atom stereocenters. The van der Waals surface area contributed by atoms with Crippen molar-refractivity contribution in [2.75, 3.05) is 13.4 Å². The van der Waals surface area contributed by atoms with Gasteiger partial charge < -0.3 is 9.47 Å². The molecule has 0 aromatic heterocycles. The highest BCUT2D eigenvalue weighted by molar-refractivity contribution is 5.32. The molecule has 0 bridgehead atoms. The van der Waals surface area contributed by atoms with Crippen molar-refractivity contribution in [3.63, 3.8) is 0 Å². The molecule has 0 amide bonds. The largest absolute Gasteiger partial charge is 0.355 e. The van der Waals surface area contributed by atoms with Crippen LogP contribution in [0.3, 0.4) is 0 Å². The highest BCUT2D eigenvalue weighted by atomic mass is 16.7. The first-order valence-corrected chi connectivity index (χ1v) is 5.83. The van der Waals surface area contributed by atoms with Crippen molar-refractivity contribution in [3.8, 4) is 0 Å². The molecule has 1 aromatic carbocycles. The summed E-state index contributed by atoms with van der Waals surface area (Å²) >= 11 is 0. The minimum Gasteiger partial charge on any atom is -0.355 e. The number of nitrogens with zero attached hydrogens (tertiary/aromatic N) is 1. The Morgan fingerprint density at radius 1 is 1.22 bits per heavy atom. The van der Waals surface area contributed by atoms with Crippen LogP contribution in [-0.2, 0) is 15.9 Å². The summed E-state index contributed by atoms with van der Waals surface area (Å²) in [7, 11) is 0. The molecule has 0 saturated carbocycles. The van der Waals surface area contributed by atoms with E-state index >= 15 is 0 Å². The fraction of sp³-hybridized carbons (Fsp3) is 0.538. The van der Waals surface area contributed by atoms with E-state index in [2.05, 4.69) is 0 Å². The van der Waals surface area contributed by atoms with E-state index in [4.69, 9.17) is 9.47 Å². The lowest BCUT2D eigenvalue weighted by Crippen LogP contribution is -2.21. The highest BCUT2D eigenvalue weighted by Crippen LogP contribution is 2.12. The Hall–Kier alpha value is -1.46. The Morgan fingerprint density at radius 3 is 2.33 bits per heavy atom. The Kier molecular flexibility index (Phi) is 5.25. The van der Waals surface area contributed by atoms with Crippen LogP contribution in [0.1, 0.15) is 26.3 Å². The van der Waals surface area contributed by atoms with Crippen LogP contribution in [-0.4, -0.2) is 23.9 Å². The van der Waals surface area contributed by atoms with Gasteiger partial charge in [0, 0.05) is 12.1 Å². The van der Waals surface area contributed by atoms with Crippen molar-refractivity contribution >= 4 is 5.69 Å². The molecule has 0 unspecified atom stereocenters. The van der Waals surface area contributed by atoms with Gasteiger partial charge in [-0.3, -0.25) is 10.1 Å². The van der Waals surface area contributed by atoms with Crippen molar-refractivity contribution < 1.29 is 14.4 Å². The van der Waals surface area contributed by atoms with Gasteiger partial charge in [-0.1, -0.05) is 12.1 Å². The SMILES string of the molecule is CC(C)(C)OCOCCc1ccc([N+](=O)[O-])cc1. The molecule has 0 aliphatic heterocycles. The normalized spacial score (nSPS) is 11.5. The average Bonchev–Trinajstić information content (AvgIpc) is 2.27. The van der Waals surface area contributed by atoms with Gasteiger partial charge in [0.25, 0.3) is 5.69 Å². The molecule has 5 heteroatoms. The summed E-state index contributed by atoms with van der Waals surface area (Å²) in [6, 6.07) is 6.49. The van der Waals surface area contributed by atoms with E-state index in [0.717, 1.165) is 5.56 Å². The van der Waals surface area contributed by atoms with Gasteiger partial charge in [0.2, 0.25) is 0 Å². The Balaban J connectivity index is 2.25. The van der Waals surface area contributed by atoms with Gasteiger partial charge in [0.15, 0.2) is 0 Å². The summed E-state index contributed by atoms with van der Waals surface area (Å²) in [5.41, 5.74) is 0.917. The predicted octanol–water partition coefficient (Wildman–Crippen LogP) is 2.93. The third-order valence-electron chi connectivity index (χ3n) is 2.26. The van der Waals surface area contributed by atoms with Crippen LogP contribution in [0, 0.1) is 10.1 Å². The minimum absolute atomic E-state index is 0.107. The maximum atomic E-state index is 10.5. The second-order valence-electron chi connectivity index (χ2n) is 4.96. The molecule has 0 radical (unpaired) electrons. The number of ether oxygens (including phenoxy) is 2. The van der Waals surface area contributed by atoms with Gasteiger partial charge in [-0.05, 0) is 32.8 Å². The van der Waals surface area contributed by atoms with Crippen molar-refractivity contribution in [2.24, 2.45) is 0 Å². The molecule has 0 aliphatic rings. The number of hydrogen-bond donors (Lipinski definition) is 0. The predicted molar refractivity (Wildman–Crippen MR) is 68.5 cm³/mol. The first-order chi connectivity index (χ1) is 8.38. The summed E-state index contributed by atoms with van der Waals surface area (Å²) < 4.78 is 10.7. The molecule has 0 fully saturated rings. The van der Waals surface area contributed by atoms with Crippen LogP contribution in [0.15, 0.2) is 24.3 Å². The van der Waals surface area contributed by atoms with Crippen LogP contribution < -0.4 is 0 Å². The highest BCUT2D eigenvalue weighted by Gasteiger charge is 2.09. The maximum Gasteiger partial charge on any atom is 0.269 e. The minimum atomic E-state index is -0.405. The fourth-order valence-corrected chi connectivity index (χ4v) is 1.25. The lowest BCUT2D eigenvalue weighted by molar-refractivity contribution is -0.384. The molecular formula is C13H19NO4. The zero-order valence-electron chi connectivity index (χ0n) is 11.0. The first kappa shape index (κ1) is 14.6. The van der Waals surface area contributed by atoms with E-state index in [0.29, 0.717) is 13.0 Å². The summed E-state index contributed by atoms with van der Waals surface area (Å²) in [4.78, 5) is 10.1. The molecule has 1 rings (SSSR count). The number of nitro groups is 1. The van der Waals surface area contributed by atoms with Crippen LogP contribution in [0.4, 0.5) is 5.69 Å². The topological polar surface area (TPSA) is 61.6 Å². The van der Waals surface area contributed by atoms with Crippen molar-refractivity contribution in [3.05, 3.63) is 39.9 Å². The van der Waals surface area contributed by atoms with Crippen molar-refractivity contribution in [2.45, 2.75) is 32.8 Å². The number of non-ortho nitro benzene ring substituents is 1. The summed E-state index contributed by atoms with van der Waals surface area (Å²) in [6.07, 6.45) is 0.714. The van der Waals surface area contributed by atoms with Crippen molar-refractivity contribution in [1.29, 1.82) is 0 Å². The number of hydrogen-bond acceptors (Lipinski definition) is 4. The first-order valence-electron chi connectivity index (χ1n) is 5.83. The van der Waals surface area contributed by atoms with Crippen LogP contribution in [0.2, 0.25) is 0 Å². The molecule has 100 valence electrons. The van der Waals surface area contributed by atoms with Gasteiger partial charge >= 0.3 is 0 Å². The number of rotatable bonds is 6. The molecule has 18 heavy (non-hydrogen) atoms. The van der Waals surface area contributed by atoms with Gasteiger partial charge in [-0.15, -0.1) is 0 Å². The van der Waals surface area contributed by atoms with E-state index < -0.39 is 4.92 Å². The van der Waals surface area contributed by atoms with Gasteiger partial charge in [0.1, 0.15) is 6.79 Å². The molecular weight excluding hydrogens is 234 g/mol. The molecule has 1 aromatic rings. The van der Waals surface area contributed by atoms with Gasteiger partial charge in [-0.2, -0.15) is 0 Å². The number of benzene rings is 1. The maximum absolute atomic E-state index is 10.5. The Morgan fingerprint density at radius 2 is 1.83 bits per heavy atom. The zero-order valence-corrected chi connectivity index (χ0v) is 11.0. The lowest BCUT2D eigenvalue weighted by atomic mass is 10.1. The molecule has 0 spiro atoms. The lowest BCUT2D eigenvalue weighted by Gasteiger charge is -2.19. The second-order valence-corrected chi connectivity index (χ2v) is 4.96. The van der Waals surface area contributed by atoms with E-state index in [1.54, 1.807) is 12.1 Å². The molecule has 0 N–H and O–H groups in total. The average molecular weight is 253 g/mol. The quantitative estimate of drug-likeness (QED) is 0.338. The van der Waals surface area contributed by atoms with Gasteiger partial charge in [-0.25, -0.2) is 0 Å². The summed E-state index contributed by atoms with van der Waals surface area (Å²) in [5.74, 6) is 0. The van der Waals surface area contributed by atoms with E-state index in [1.165, 1.54) is 12.1 Å². The monoisotopic (exact) mass is 253 g/mol. The van der Waals surface area contributed by atoms with Crippen LogP contribution in [0.25, 0.3) is 0 Å². The van der Waals surface area contributed by atoms with E-state index in [9.17, 15) is 10.1 Å². The molecule has 0 saturated heterocycles. The molecule has 0 aliphatic carbocycles. The zero-order chi connectivity index (χ0) is 13.6. The summed E-state index contributed by atoms with van der Waals surface area (Å²) in [5, 5.41) is 10.5. The van der Waals surface area contributed by atoms with E-state index in [-0.39, 0.29) is 18.1 Å². The third-order valence-corrected chi connectivity index (χ3v) is 2.26. The van der Waals surface area contributed by atoms with Crippen molar-refractivity contribution in [1.82, 2.24) is 0 Å². The van der Waals surface area contributed by atoms with Crippen LogP contribution in [0.5, 0.6) is 0 Å². The molecule has 5 nitrogen and oxygen atoms in total. The third kappa shape index (κ3) is 5.75. The second kappa shape index (κ2) is 6.47. The standard InChI is InChI=1S/C13H19NO4/c1-13(2,3)18-10-17-9-8-11-4-6-12(7-5-11)14(15)16/h4-7H,8-10H2,1-3H3. The summed E-state index contributed by atoms with van der Waals surface area (Å²) in [6.45, 7) is 6.69. The van der Waals surface area contributed by atoms with Crippen LogP contribution >= 0.6 is 0 Å². The number of nitro benzene ring substituents is 1. The van der Waals surface area contributed by atoms with Gasteiger partial charge in [0.05, 0.1) is 17.1 Å². The smallest absolute Gasteiger partial charge is 0.269 e. The Bertz CT molecular complexity index is 381. The Labute approximate surface area is 107 Å². The fourth-order valence-electron chi connectivity index (χ4n) is 1.25.